The van der Waals surface area contributed by atoms with Crippen LogP contribution < -0.4 is 5.32 Å². The molecular formula is C23H27F3N8O4. The quantitative estimate of drug-likeness (QED) is 0.531. The van der Waals surface area contributed by atoms with Crippen molar-refractivity contribution in [2.24, 2.45) is 0 Å². The van der Waals surface area contributed by atoms with Crippen LogP contribution in [0.5, 0.6) is 0 Å². The minimum Gasteiger partial charge on any atom is -0.450 e. The van der Waals surface area contributed by atoms with Crippen LogP contribution in [-0.2, 0) is 15.7 Å². The summed E-state index contributed by atoms with van der Waals surface area (Å²) in [6.07, 6.45) is -3.62. The van der Waals surface area contributed by atoms with Crippen molar-refractivity contribution >= 4 is 29.2 Å². The van der Waals surface area contributed by atoms with Crippen LogP contribution in [0, 0.1) is 13.8 Å². The fourth-order valence-electron chi connectivity index (χ4n) is 4.10. The zero-order valence-corrected chi connectivity index (χ0v) is 21.2. The van der Waals surface area contributed by atoms with E-state index in [2.05, 4.69) is 20.5 Å². The smallest absolute Gasteiger partial charge is 0.433 e. The summed E-state index contributed by atoms with van der Waals surface area (Å²) >= 11 is 0. The number of hydrogen-bond acceptors (Lipinski definition) is 7. The number of aromatic nitrogens is 5. The van der Waals surface area contributed by atoms with Gasteiger partial charge in [-0.15, -0.1) is 0 Å². The highest BCUT2D eigenvalue weighted by Gasteiger charge is 2.35. The molecule has 1 unspecified atom stereocenters. The average molecular weight is 537 g/mol. The summed E-state index contributed by atoms with van der Waals surface area (Å²) in [7, 11) is 0. The molecule has 1 atom stereocenters. The predicted molar refractivity (Wildman–Crippen MR) is 128 cm³/mol. The van der Waals surface area contributed by atoms with Gasteiger partial charge in [-0.1, -0.05) is 0 Å². The molecule has 1 aliphatic heterocycles. The molecule has 15 heteroatoms. The molecular weight excluding hydrogens is 509 g/mol. The molecule has 0 aromatic carbocycles. The molecule has 38 heavy (non-hydrogen) atoms. The molecule has 0 spiro atoms. The molecule has 4 heterocycles. The zero-order valence-electron chi connectivity index (χ0n) is 21.2. The molecule has 3 amide bonds. The van der Waals surface area contributed by atoms with Gasteiger partial charge in [0.25, 0.3) is 5.91 Å². The summed E-state index contributed by atoms with van der Waals surface area (Å²) in [6, 6.07) is 1.31. The van der Waals surface area contributed by atoms with E-state index in [1.165, 1.54) is 28.8 Å². The normalized spacial score (nSPS) is 15.0. The Labute approximate surface area is 215 Å². The third-order valence-corrected chi connectivity index (χ3v) is 6.11. The Kier molecular flexibility index (Phi) is 7.29. The first-order chi connectivity index (χ1) is 17.9. The number of fused-ring (bicyclic) bond motifs is 1. The van der Waals surface area contributed by atoms with Crippen LogP contribution in [0.1, 0.15) is 47.5 Å². The molecule has 1 fully saturated rings. The van der Waals surface area contributed by atoms with Gasteiger partial charge in [0.1, 0.15) is 11.7 Å². The standard InChI is InChI=1S/C23H27F3N8O4/c1-5-38-22(37)32-8-6-31(7-9-32)21(36)15(4)33-12-17(14(3)29-33)28-20(35)16-11-19-27-13(2)10-18(23(24,25)26)34(19)30-16/h10-12,15H,5-9H2,1-4H3,(H,28,35). The van der Waals surface area contributed by atoms with Gasteiger partial charge >= 0.3 is 12.3 Å². The molecule has 1 N–H and O–H groups in total. The Morgan fingerprint density at radius 3 is 2.37 bits per heavy atom. The van der Waals surface area contributed by atoms with Crippen molar-refractivity contribution in [1.29, 1.82) is 0 Å². The minimum absolute atomic E-state index is 0.114. The molecule has 0 aliphatic carbocycles. The monoisotopic (exact) mass is 536 g/mol. The van der Waals surface area contributed by atoms with Crippen molar-refractivity contribution in [2.75, 3.05) is 38.1 Å². The number of nitrogens with one attached hydrogen (secondary N) is 1. The average Bonchev–Trinajstić information content (AvgIpc) is 3.45. The minimum atomic E-state index is -4.68. The van der Waals surface area contributed by atoms with Gasteiger partial charge in [-0.05, 0) is 33.8 Å². The number of halogens is 3. The van der Waals surface area contributed by atoms with Gasteiger partial charge in [-0.3, -0.25) is 14.3 Å². The van der Waals surface area contributed by atoms with E-state index in [1.807, 2.05) is 0 Å². The molecule has 204 valence electrons. The maximum atomic E-state index is 13.4. The second kappa shape index (κ2) is 10.3. The van der Waals surface area contributed by atoms with Crippen molar-refractivity contribution < 1.29 is 32.3 Å². The molecule has 1 aliphatic rings. The zero-order chi connectivity index (χ0) is 27.8. The number of carbonyl (C=O) groups is 3. The van der Waals surface area contributed by atoms with Crippen LogP contribution in [0.3, 0.4) is 0 Å². The van der Waals surface area contributed by atoms with E-state index in [-0.39, 0.29) is 35.2 Å². The van der Waals surface area contributed by atoms with E-state index in [0.29, 0.717) is 36.4 Å². The van der Waals surface area contributed by atoms with Crippen molar-refractivity contribution in [3.05, 3.63) is 41.1 Å². The van der Waals surface area contributed by atoms with Gasteiger partial charge < -0.3 is 19.9 Å². The summed E-state index contributed by atoms with van der Waals surface area (Å²) in [4.78, 5) is 44.9. The molecule has 3 aromatic heterocycles. The topological polar surface area (TPSA) is 127 Å². The number of piperazine rings is 1. The van der Waals surface area contributed by atoms with Gasteiger partial charge in [0.15, 0.2) is 11.3 Å². The molecule has 0 saturated carbocycles. The maximum absolute atomic E-state index is 13.4. The SMILES string of the molecule is CCOC(=O)N1CCN(C(=O)C(C)n2cc(NC(=O)c3cc4nc(C)cc(C(F)(F)F)n4n3)c(C)n2)CC1. The number of nitrogens with zero attached hydrogens (tertiary/aromatic N) is 7. The Bertz CT molecular complexity index is 1370. The predicted octanol–water partition coefficient (Wildman–Crippen LogP) is 2.68. The lowest BCUT2D eigenvalue weighted by Gasteiger charge is -2.35. The van der Waals surface area contributed by atoms with Crippen LogP contribution in [0.4, 0.5) is 23.7 Å². The Morgan fingerprint density at radius 2 is 1.74 bits per heavy atom. The summed E-state index contributed by atoms with van der Waals surface area (Å²) in [5.74, 6) is -0.964. The Hall–Kier alpha value is -4.17. The second-order valence-electron chi connectivity index (χ2n) is 8.83. The van der Waals surface area contributed by atoms with Crippen LogP contribution >= 0.6 is 0 Å². The van der Waals surface area contributed by atoms with E-state index < -0.39 is 29.9 Å². The third kappa shape index (κ3) is 5.40. The summed E-state index contributed by atoms with van der Waals surface area (Å²) < 4.78 is 47.2. The van der Waals surface area contributed by atoms with Crippen molar-refractivity contribution in [1.82, 2.24) is 34.2 Å². The number of aryl methyl sites for hydroxylation is 2. The Balaban J connectivity index is 1.45. The van der Waals surface area contributed by atoms with E-state index in [0.717, 1.165) is 6.07 Å². The first-order valence-electron chi connectivity index (χ1n) is 11.9. The van der Waals surface area contributed by atoms with Crippen molar-refractivity contribution in [3.8, 4) is 0 Å². The number of anilines is 1. The van der Waals surface area contributed by atoms with Gasteiger partial charge in [-0.25, -0.2) is 14.3 Å². The van der Waals surface area contributed by atoms with E-state index in [1.54, 1.807) is 25.7 Å². The highest BCUT2D eigenvalue weighted by molar-refractivity contribution is 6.03. The van der Waals surface area contributed by atoms with Crippen LogP contribution in [0.15, 0.2) is 18.3 Å². The van der Waals surface area contributed by atoms with Crippen molar-refractivity contribution in [3.63, 3.8) is 0 Å². The van der Waals surface area contributed by atoms with Crippen LogP contribution in [0.25, 0.3) is 5.65 Å². The summed E-state index contributed by atoms with van der Waals surface area (Å²) in [5.41, 5.74) is -0.604. The van der Waals surface area contributed by atoms with Gasteiger partial charge in [-0.2, -0.15) is 23.4 Å². The lowest BCUT2D eigenvalue weighted by Crippen LogP contribution is -2.52. The number of alkyl halides is 3. The lowest BCUT2D eigenvalue weighted by molar-refractivity contribution is -0.142. The van der Waals surface area contributed by atoms with E-state index in [9.17, 15) is 27.6 Å². The van der Waals surface area contributed by atoms with Gasteiger partial charge in [0.05, 0.1) is 18.0 Å². The molecule has 0 bridgehead atoms. The Morgan fingerprint density at radius 1 is 1.08 bits per heavy atom. The van der Waals surface area contributed by atoms with E-state index >= 15 is 0 Å². The third-order valence-electron chi connectivity index (χ3n) is 6.11. The van der Waals surface area contributed by atoms with Crippen LogP contribution in [0.2, 0.25) is 0 Å². The highest BCUT2D eigenvalue weighted by atomic mass is 19.4. The van der Waals surface area contributed by atoms with Crippen molar-refractivity contribution in [2.45, 2.75) is 39.9 Å². The van der Waals surface area contributed by atoms with Gasteiger partial charge in [0.2, 0.25) is 5.91 Å². The fourth-order valence-corrected chi connectivity index (χ4v) is 4.10. The number of rotatable bonds is 5. The summed E-state index contributed by atoms with van der Waals surface area (Å²) in [6.45, 7) is 8.07. The molecule has 0 radical (unpaired) electrons. The largest absolute Gasteiger partial charge is 0.450 e. The first-order valence-corrected chi connectivity index (χ1v) is 11.9. The highest BCUT2D eigenvalue weighted by Crippen LogP contribution is 2.30. The molecule has 1 saturated heterocycles. The number of amides is 3. The lowest BCUT2D eigenvalue weighted by atomic mass is 10.2. The molecule has 12 nitrogen and oxygen atoms in total. The molecule has 3 aromatic rings. The van der Waals surface area contributed by atoms with E-state index in [4.69, 9.17) is 4.74 Å². The maximum Gasteiger partial charge on any atom is 0.433 e. The van der Waals surface area contributed by atoms with Crippen LogP contribution in [-0.4, -0.2) is 84.9 Å². The molecule has 4 rings (SSSR count). The fraction of sp³-hybridized carbons (Fsp3) is 0.478. The number of ether oxygens (including phenoxy) is 1. The second-order valence-corrected chi connectivity index (χ2v) is 8.83. The first kappa shape index (κ1) is 26.9. The summed E-state index contributed by atoms with van der Waals surface area (Å²) in [5, 5.41) is 10.7. The number of carbonyl (C=O) groups excluding carboxylic acids is 3. The number of hydrogen-bond donors (Lipinski definition) is 1. The van der Waals surface area contributed by atoms with Gasteiger partial charge in [0, 0.05) is 44.1 Å².